The van der Waals surface area contributed by atoms with Gasteiger partial charge in [0.25, 0.3) is 0 Å². The van der Waals surface area contributed by atoms with Gasteiger partial charge in [-0.15, -0.1) is 0 Å². The summed E-state index contributed by atoms with van der Waals surface area (Å²) < 4.78 is 1.19. The Morgan fingerprint density at radius 3 is 1.94 bits per heavy atom. The van der Waals surface area contributed by atoms with Crippen LogP contribution in [-0.4, -0.2) is 37.7 Å². The minimum absolute atomic E-state index is 0.0632. The molecule has 0 fully saturated rings. The first kappa shape index (κ1) is 14.6. The molecule has 1 aromatic heterocycles. The number of carbonyl (C=O) groups excluding carboxylic acids is 1. The Labute approximate surface area is 96.7 Å². The fraction of sp³-hybridized carbons (Fsp3) is 0.333. The Kier molecular flexibility index (Phi) is 6.75. The summed E-state index contributed by atoms with van der Waals surface area (Å²) in [5, 5.41) is 16.1. The summed E-state index contributed by atoms with van der Waals surface area (Å²) in [6.45, 7) is 0. The largest absolute Gasteiger partial charge is 0.481 e. The van der Waals surface area contributed by atoms with Gasteiger partial charge in [-0.3, -0.25) is 14.2 Å². The predicted octanol–water partition coefficient (Wildman–Crippen LogP) is 0.136. The summed E-state index contributed by atoms with van der Waals surface area (Å²) in [5.74, 6) is -1.90. The summed E-state index contributed by atoms with van der Waals surface area (Å²) in [4.78, 5) is 33.4. The number of primary amides is 1. The Morgan fingerprint density at radius 1 is 1.18 bits per heavy atom. The highest BCUT2D eigenvalue weighted by atomic mass is 16.4. The summed E-state index contributed by atoms with van der Waals surface area (Å²) >= 11 is 0. The van der Waals surface area contributed by atoms with Gasteiger partial charge in [-0.05, 0) is 6.42 Å². The average molecular weight is 243 g/mol. The van der Waals surface area contributed by atoms with E-state index in [0.717, 1.165) is 0 Å². The monoisotopic (exact) mass is 243 g/mol. The molecule has 94 valence electrons. The van der Waals surface area contributed by atoms with Crippen LogP contribution in [0.2, 0.25) is 0 Å². The number of carboxylic acid groups (broad SMARTS) is 2. The third-order valence-corrected chi connectivity index (χ3v) is 1.54. The van der Waals surface area contributed by atoms with Crippen LogP contribution in [0.3, 0.4) is 0 Å². The molecule has 0 spiro atoms. The van der Waals surface area contributed by atoms with Crippen LogP contribution in [0.15, 0.2) is 18.7 Å². The van der Waals surface area contributed by atoms with Crippen molar-refractivity contribution < 1.29 is 24.6 Å². The van der Waals surface area contributed by atoms with Crippen molar-refractivity contribution >= 4 is 18.0 Å². The average Bonchev–Trinajstić information content (AvgIpc) is 2.69. The molecule has 8 heteroatoms. The van der Waals surface area contributed by atoms with Crippen LogP contribution < -0.4 is 5.73 Å². The molecule has 0 unspecified atom stereocenters. The predicted molar refractivity (Wildman–Crippen MR) is 56.3 cm³/mol. The van der Waals surface area contributed by atoms with Crippen LogP contribution in [0, 0.1) is 0 Å². The normalized spacial score (nSPS) is 8.94. The maximum atomic E-state index is 10.2. The second kappa shape index (κ2) is 7.85. The van der Waals surface area contributed by atoms with Crippen LogP contribution in [0.25, 0.3) is 0 Å². The van der Waals surface area contributed by atoms with Crippen molar-refractivity contribution in [2.75, 3.05) is 0 Å². The third-order valence-electron chi connectivity index (χ3n) is 1.54. The zero-order valence-electron chi connectivity index (χ0n) is 8.94. The molecule has 0 saturated heterocycles. The van der Waals surface area contributed by atoms with Crippen molar-refractivity contribution in [2.45, 2.75) is 19.3 Å². The summed E-state index contributed by atoms with van der Waals surface area (Å²) in [6, 6.07) is -0.512. The van der Waals surface area contributed by atoms with E-state index in [9.17, 15) is 14.4 Å². The molecule has 8 nitrogen and oxygen atoms in total. The van der Waals surface area contributed by atoms with Gasteiger partial charge >= 0.3 is 18.0 Å². The lowest BCUT2D eigenvalue weighted by Gasteiger charge is -1.89. The Hall–Kier alpha value is -2.38. The number of aliphatic carboxylic acids is 2. The molecule has 1 rings (SSSR count). The van der Waals surface area contributed by atoms with Gasteiger partial charge in [0.2, 0.25) is 0 Å². The van der Waals surface area contributed by atoms with E-state index in [0.29, 0.717) is 0 Å². The summed E-state index contributed by atoms with van der Waals surface area (Å²) in [7, 11) is 0. The van der Waals surface area contributed by atoms with E-state index in [1.165, 1.54) is 23.3 Å². The van der Waals surface area contributed by atoms with Gasteiger partial charge in [-0.25, -0.2) is 9.78 Å². The van der Waals surface area contributed by atoms with E-state index in [1.807, 2.05) is 0 Å². The van der Waals surface area contributed by atoms with Crippen molar-refractivity contribution in [1.82, 2.24) is 9.55 Å². The molecule has 0 saturated carbocycles. The van der Waals surface area contributed by atoms with Gasteiger partial charge in [-0.2, -0.15) is 0 Å². The molecule has 0 bridgehead atoms. The molecule has 17 heavy (non-hydrogen) atoms. The van der Waals surface area contributed by atoms with E-state index in [-0.39, 0.29) is 19.3 Å². The minimum atomic E-state index is -0.948. The number of amides is 1. The SMILES string of the molecule is NC(=O)n1ccnc1.O=C(O)CCCC(=O)O. The van der Waals surface area contributed by atoms with Crippen molar-refractivity contribution in [3.63, 3.8) is 0 Å². The smallest absolute Gasteiger partial charge is 0.324 e. The van der Waals surface area contributed by atoms with Crippen LogP contribution >= 0.6 is 0 Å². The van der Waals surface area contributed by atoms with Gasteiger partial charge < -0.3 is 15.9 Å². The molecule has 0 atom stereocenters. The molecule has 4 N–H and O–H groups in total. The van der Waals surface area contributed by atoms with Crippen molar-refractivity contribution in [3.8, 4) is 0 Å². The summed E-state index contributed by atoms with van der Waals surface area (Å²) in [5.41, 5.74) is 4.84. The van der Waals surface area contributed by atoms with Gasteiger partial charge in [0, 0.05) is 25.2 Å². The molecule has 0 aliphatic rings. The lowest BCUT2D eigenvalue weighted by molar-refractivity contribution is -0.138. The number of hydrogen-bond donors (Lipinski definition) is 3. The molecule has 0 radical (unpaired) electrons. The summed E-state index contributed by atoms with van der Waals surface area (Å²) in [6.07, 6.45) is 4.42. The maximum Gasteiger partial charge on any atom is 0.324 e. The maximum absolute atomic E-state index is 10.2. The van der Waals surface area contributed by atoms with Gasteiger partial charge in [0.05, 0.1) is 0 Å². The molecule has 1 amide bonds. The first-order chi connectivity index (χ1) is 7.93. The molecule has 1 aromatic rings. The number of nitrogens with zero attached hydrogens (tertiary/aromatic N) is 2. The molecule has 1 heterocycles. The minimum Gasteiger partial charge on any atom is -0.481 e. The molecular weight excluding hydrogens is 230 g/mol. The molecule has 0 aromatic carbocycles. The lowest BCUT2D eigenvalue weighted by Crippen LogP contribution is -2.17. The van der Waals surface area contributed by atoms with Crippen LogP contribution in [-0.2, 0) is 9.59 Å². The second-order valence-electron chi connectivity index (χ2n) is 2.95. The zero-order valence-corrected chi connectivity index (χ0v) is 8.94. The second-order valence-corrected chi connectivity index (χ2v) is 2.95. The topological polar surface area (TPSA) is 136 Å². The standard InChI is InChI=1S/C5H8O4.C4H5N3O/c6-4(7)2-1-3-5(8)9;5-4(8)7-2-1-6-3-7/h1-3H2,(H,6,7)(H,8,9);1-3H,(H2,5,8). The highest BCUT2D eigenvalue weighted by Gasteiger charge is 1.99. The number of carbonyl (C=O) groups is 3. The fourth-order valence-electron chi connectivity index (χ4n) is 0.780. The van der Waals surface area contributed by atoms with Gasteiger partial charge in [-0.1, -0.05) is 0 Å². The third kappa shape index (κ3) is 8.60. The highest BCUT2D eigenvalue weighted by molar-refractivity contribution is 5.74. The molecule has 0 aliphatic carbocycles. The number of imidazole rings is 1. The lowest BCUT2D eigenvalue weighted by atomic mass is 10.2. The van der Waals surface area contributed by atoms with E-state index in [1.54, 1.807) is 0 Å². The molecular formula is C9H13N3O5. The Morgan fingerprint density at radius 2 is 1.71 bits per heavy atom. The molecule has 0 aliphatic heterocycles. The Balaban J connectivity index is 0.000000302. The number of aromatic nitrogens is 2. The van der Waals surface area contributed by atoms with Crippen molar-refractivity contribution in [2.24, 2.45) is 5.73 Å². The van der Waals surface area contributed by atoms with E-state index in [2.05, 4.69) is 4.98 Å². The first-order valence-corrected chi connectivity index (χ1v) is 4.65. The highest BCUT2D eigenvalue weighted by Crippen LogP contribution is 1.93. The quantitative estimate of drug-likeness (QED) is 0.687. The first-order valence-electron chi connectivity index (χ1n) is 4.65. The van der Waals surface area contributed by atoms with Gasteiger partial charge in [0.15, 0.2) is 0 Å². The number of nitrogens with two attached hydrogens (primary N) is 1. The van der Waals surface area contributed by atoms with E-state index in [4.69, 9.17) is 15.9 Å². The number of carboxylic acids is 2. The van der Waals surface area contributed by atoms with Crippen LogP contribution in [0.4, 0.5) is 4.79 Å². The zero-order chi connectivity index (χ0) is 13.3. The van der Waals surface area contributed by atoms with Gasteiger partial charge in [0.1, 0.15) is 6.33 Å². The van der Waals surface area contributed by atoms with Crippen LogP contribution in [0.5, 0.6) is 0 Å². The number of rotatable bonds is 4. The number of hydrogen-bond acceptors (Lipinski definition) is 4. The van der Waals surface area contributed by atoms with E-state index >= 15 is 0 Å². The fourth-order valence-corrected chi connectivity index (χ4v) is 0.780. The van der Waals surface area contributed by atoms with E-state index < -0.39 is 18.0 Å². The van der Waals surface area contributed by atoms with Crippen molar-refractivity contribution in [1.29, 1.82) is 0 Å². The Bertz CT molecular complexity index is 360. The van der Waals surface area contributed by atoms with Crippen LogP contribution in [0.1, 0.15) is 19.3 Å². The van der Waals surface area contributed by atoms with Crippen molar-refractivity contribution in [3.05, 3.63) is 18.7 Å².